The number of nitrogens with zero attached hydrogens (tertiary/aromatic N) is 5. The van der Waals surface area contributed by atoms with Crippen LogP contribution < -0.4 is 10.6 Å². The molecule has 0 radical (unpaired) electrons. The summed E-state index contributed by atoms with van der Waals surface area (Å²) in [6, 6.07) is 13.4. The lowest BCUT2D eigenvalue weighted by Crippen LogP contribution is -2.45. The normalized spacial score (nSPS) is 16.5. The van der Waals surface area contributed by atoms with E-state index in [2.05, 4.69) is 26.2 Å². The molecule has 2 N–H and O–H groups in total. The van der Waals surface area contributed by atoms with Gasteiger partial charge in [0.1, 0.15) is 5.82 Å². The minimum absolute atomic E-state index is 0.0332. The molecule has 9 nitrogen and oxygen atoms in total. The van der Waals surface area contributed by atoms with Crippen LogP contribution in [0.2, 0.25) is 0 Å². The molecular weight excluding hydrogens is 449 g/mol. The van der Waals surface area contributed by atoms with Crippen LogP contribution in [0.3, 0.4) is 0 Å². The highest BCUT2D eigenvalue weighted by Gasteiger charge is 2.27. The predicted molar refractivity (Wildman–Crippen MR) is 130 cm³/mol. The van der Waals surface area contributed by atoms with Crippen LogP contribution >= 0.6 is 0 Å². The second-order valence-corrected chi connectivity index (χ2v) is 9.07. The maximum Gasteiger partial charge on any atom is 0.319 e. The van der Waals surface area contributed by atoms with Crippen LogP contribution in [0.25, 0.3) is 11.4 Å². The number of benzene rings is 2. The third-order valence-corrected chi connectivity index (χ3v) is 6.26. The van der Waals surface area contributed by atoms with E-state index in [-0.39, 0.29) is 30.2 Å². The third kappa shape index (κ3) is 6.40. The van der Waals surface area contributed by atoms with Gasteiger partial charge in [0.05, 0.1) is 5.92 Å². The van der Waals surface area contributed by atoms with E-state index in [4.69, 9.17) is 0 Å². The van der Waals surface area contributed by atoms with E-state index >= 15 is 0 Å². The van der Waals surface area contributed by atoms with Crippen LogP contribution in [-0.2, 0) is 18.3 Å². The van der Waals surface area contributed by atoms with Gasteiger partial charge in [-0.2, -0.15) is 0 Å². The van der Waals surface area contributed by atoms with Gasteiger partial charge in [-0.1, -0.05) is 31.2 Å². The fraction of sp³-hybridized carbons (Fsp3) is 0.400. The minimum atomic E-state index is -0.384. The van der Waals surface area contributed by atoms with E-state index in [0.29, 0.717) is 24.0 Å². The molecule has 2 unspecified atom stereocenters. The summed E-state index contributed by atoms with van der Waals surface area (Å²) in [6.45, 7) is 3.46. The molecule has 3 aromatic rings. The van der Waals surface area contributed by atoms with Gasteiger partial charge >= 0.3 is 6.03 Å². The first-order chi connectivity index (χ1) is 16.9. The van der Waals surface area contributed by atoms with Crippen LogP contribution in [0, 0.1) is 17.7 Å². The number of hydrogen-bond acceptors (Lipinski definition) is 5. The minimum Gasteiger partial charge on any atom is -0.342 e. The Hall–Kier alpha value is -3.82. The molecular formula is C25H30FN7O2. The molecule has 1 aliphatic rings. The van der Waals surface area contributed by atoms with E-state index in [1.54, 1.807) is 36.0 Å². The van der Waals surface area contributed by atoms with E-state index in [0.717, 1.165) is 36.9 Å². The third-order valence-electron chi connectivity index (χ3n) is 6.26. The Morgan fingerprint density at radius 1 is 1.20 bits per heavy atom. The Morgan fingerprint density at radius 2 is 2.00 bits per heavy atom. The van der Waals surface area contributed by atoms with E-state index in [9.17, 15) is 14.0 Å². The number of aryl methyl sites for hydroxylation is 1. The van der Waals surface area contributed by atoms with Crippen molar-refractivity contribution in [1.29, 1.82) is 0 Å². The second kappa shape index (κ2) is 11.1. The summed E-state index contributed by atoms with van der Waals surface area (Å²) in [7, 11) is 1.74. The zero-order valence-electron chi connectivity index (χ0n) is 19.9. The van der Waals surface area contributed by atoms with Crippen LogP contribution in [0.4, 0.5) is 14.9 Å². The smallest absolute Gasteiger partial charge is 0.319 e. The topological polar surface area (TPSA) is 105 Å². The van der Waals surface area contributed by atoms with Gasteiger partial charge in [-0.3, -0.25) is 4.79 Å². The number of rotatable bonds is 7. The number of amides is 3. The van der Waals surface area contributed by atoms with Crippen molar-refractivity contribution in [3.63, 3.8) is 0 Å². The number of piperidine rings is 1. The molecule has 1 fully saturated rings. The number of carbonyl (C=O) groups excluding carboxylic acids is 2. The molecule has 2 atom stereocenters. The molecule has 2 aromatic carbocycles. The van der Waals surface area contributed by atoms with Crippen LogP contribution in [0.1, 0.15) is 25.3 Å². The van der Waals surface area contributed by atoms with Gasteiger partial charge in [0.25, 0.3) is 0 Å². The number of hydrogen-bond donors (Lipinski definition) is 2. The second-order valence-electron chi connectivity index (χ2n) is 9.07. The number of aromatic nitrogens is 4. The van der Waals surface area contributed by atoms with Gasteiger partial charge in [0, 0.05) is 37.9 Å². The maximum atomic E-state index is 13.2. The molecule has 0 bridgehead atoms. The van der Waals surface area contributed by atoms with Gasteiger partial charge < -0.3 is 15.5 Å². The standard InChI is InChI=1S/C25H30FN7O2/c1-17(24(34)33-12-4-5-19(16-33)13-18-8-10-21(26)11-9-18)15-27-25(35)28-22-7-3-6-20(14-22)23-29-30-31-32(23)2/h3,6-11,14,17,19H,4-5,12-13,15-16H2,1-2H3,(H2,27,28,35). The lowest BCUT2D eigenvalue weighted by atomic mass is 9.90. The molecule has 0 aliphatic carbocycles. The summed E-state index contributed by atoms with van der Waals surface area (Å²) in [5.74, 6) is 0.382. The molecule has 1 aliphatic heterocycles. The summed E-state index contributed by atoms with van der Waals surface area (Å²) in [5, 5.41) is 17.0. The van der Waals surface area contributed by atoms with Crippen molar-refractivity contribution in [1.82, 2.24) is 30.4 Å². The molecule has 4 rings (SSSR count). The summed E-state index contributed by atoms with van der Waals surface area (Å²) in [6.07, 6.45) is 2.80. The Labute approximate surface area is 203 Å². The van der Waals surface area contributed by atoms with Crippen molar-refractivity contribution >= 4 is 17.6 Å². The van der Waals surface area contributed by atoms with Gasteiger partial charge in [-0.25, -0.2) is 13.9 Å². The van der Waals surface area contributed by atoms with Crippen molar-refractivity contribution in [2.75, 3.05) is 25.0 Å². The SMILES string of the molecule is CC(CNC(=O)Nc1cccc(-c2nnnn2C)c1)C(=O)N1CCCC(Cc2ccc(F)cc2)C1. The van der Waals surface area contributed by atoms with Gasteiger partial charge in [-0.05, 0) is 65.4 Å². The number of halogens is 1. The first kappa shape index (κ1) is 24.3. The Morgan fingerprint density at radius 3 is 2.74 bits per heavy atom. The van der Waals surface area contributed by atoms with Crippen LogP contribution in [0.5, 0.6) is 0 Å². The highest BCUT2D eigenvalue weighted by Crippen LogP contribution is 2.23. The highest BCUT2D eigenvalue weighted by atomic mass is 19.1. The number of anilines is 1. The molecule has 1 saturated heterocycles. The van der Waals surface area contributed by atoms with Crippen molar-refractivity contribution in [3.8, 4) is 11.4 Å². The number of tetrazole rings is 1. The highest BCUT2D eigenvalue weighted by molar-refractivity contribution is 5.90. The van der Waals surface area contributed by atoms with Crippen molar-refractivity contribution in [3.05, 3.63) is 59.9 Å². The molecule has 1 aromatic heterocycles. The number of nitrogens with one attached hydrogen (secondary N) is 2. The number of carbonyl (C=O) groups is 2. The fourth-order valence-electron chi connectivity index (χ4n) is 4.42. The van der Waals surface area contributed by atoms with Crippen molar-refractivity contribution in [2.24, 2.45) is 18.9 Å². The average molecular weight is 480 g/mol. The van der Waals surface area contributed by atoms with E-state index in [1.165, 1.54) is 12.1 Å². The molecule has 0 spiro atoms. The Kier molecular flexibility index (Phi) is 7.69. The van der Waals surface area contributed by atoms with Gasteiger partial charge in [0.2, 0.25) is 5.91 Å². The van der Waals surface area contributed by atoms with Gasteiger partial charge in [0.15, 0.2) is 5.82 Å². The monoisotopic (exact) mass is 479 g/mol. The number of urea groups is 1. The Bertz CT molecular complexity index is 1160. The molecule has 2 heterocycles. The molecule has 35 heavy (non-hydrogen) atoms. The zero-order chi connectivity index (χ0) is 24.8. The summed E-state index contributed by atoms with van der Waals surface area (Å²) < 4.78 is 14.7. The lowest BCUT2D eigenvalue weighted by Gasteiger charge is -2.34. The Balaban J connectivity index is 1.26. The quantitative estimate of drug-likeness (QED) is 0.541. The fourth-order valence-corrected chi connectivity index (χ4v) is 4.42. The predicted octanol–water partition coefficient (Wildman–Crippen LogP) is 3.26. The molecule has 184 valence electrons. The van der Waals surface area contributed by atoms with Crippen molar-refractivity contribution in [2.45, 2.75) is 26.2 Å². The summed E-state index contributed by atoms with van der Waals surface area (Å²) >= 11 is 0. The first-order valence-electron chi connectivity index (χ1n) is 11.8. The maximum absolute atomic E-state index is 13.2. The largest absolute Gasteiger partial charge is 0.342 e. The van der Waals surface area contributed by atoms with E-state index < -0.39 is 0 Å². The molecule has 0 saturated carbocycles. The first-order valence-corrected chi connectivity index (χ1v) is 11.8. The molecule has 3 amide bonds. The van der Waals surface area contributed by atoms with Crippen LogP contribution in [-0.4, -0.2) is 56.7 Å². The summed E-state index contributed by atoms with van der Waals surface area (Å²) in [4.78, 5) is 27.3. The zero-order valence-corrected chi connectivity index (χ0v) is 19.9. The lowest BCUT2D eigenvalue weighted by molar-refractivity contribution is -0.136. The average Bonchev–Trinajstić information content (AvgIpc) is 3.29. The summed E-state index contributed by atoms with van der Waals surface area (Å²) in [5.41, 5.74) is 2.46. The van der Waals surface area contributed by atoms with Crippen LogP contribution in [0.15, 0.2) is 48.5 Å². The van der Waals surface area contributed by atoms with Crippen molar-refractivity contribution < 1.29 is 14.0 Å². The van der Waals surface area contributed by atoms with Gasteiger partial charge in [-0.15, -0.1) is 5.10 Å². The number of likely N-dealkylation sites (tertiary alicyclic amines) is 1. The van der Waals surface area contributed by atoms with E-state index in [1.807, 2.05) is 24.0 Å². The molecule has 10 heteroatoms.